The van der Waals surface area contributed by atoms with Crippen LogP contribution in [0.1, 0.15) is 93.2 Å². The van der Waals surface area contributed by atoms with Crippen molar-refractivity contribution in [3.63, 3.8) is 0 Å². The lowest BCUT2D eigenvalue weighted by molar-refractivity contribution is 0.0525. The highest BCUT2D eigenvalue weighted by molar-refractivity contribution is 7.23. The van der Waals surface area contributed by atoms with Gasteiger partial charge in [0, 0.05) is 48.8 Å². The Kier molecular flexibility index (Phi) is 17.4. The van der Waals surface area contributed by atoms with E-state index in [1.54, 1.807) is 78.9 Å². The number of rotatable bonds is 17. The molecule has 4 heterocycles. The van der Waals surface area contributed by atoms with Crippen LogP contribution in [0.25, 0.3) is 41.1 Å². The summed E-state index contributed by atoms with van der Waals surface area (Å²) in [5.74, 6) is 1.20. The van der Waals surface area contributed by atoms with E-state index < -0.39 is 5.97 Å². The van der Waals surface area contributed by atoms with E-state index in [1.165, 1.54) is 81.2 Å². The normalized spacial score (nSPS) is 14.0. The molecule has 0 amide bonds. The van der Waals surface area contributed by atoms with Crippen molar-refractivity contribution >= 4 is 60.6 Å². The molecular weight excluding hydrogens is 969 g/mol. The van der Waals surface area contributed by atoms with Crippen molar-refractivity contribution in [1.82, 2.24) is 9.80 Å². The summed E-state index contributed by atoms with van der Waals surface area (Å²) in [6, 6.07) is 40.8. The van der Waals surface area contributed by atoms with Crippen LogP contribution in [-0.2, 0) is 15.9 Å². The molecule has 0 aliphatic carbocycles. The number of piperidine rings is 2. The molecule has 74 heavy (non-hydrogen) atoms. The van der Waals surface area contributed by atoms with Crippen LogP contribution in [0.4, 0.5) is 0 Å². The predicted molar refractivity (Wildman–Crippen MR) is 296 cm³/mol. The average molecular weight is 1030 g/mol. The largest absolute Gasteiger partial charge is 0.508 e. The van der Waals surface area contributed by atoms with E-state index in [0.29, 0.717) is 42.1 Å². The molecular formula is C61H62N2O9S2. The molecule has 2 fully saturated rings. The Morgan fingerprint density at radius 1 is 0.541 bits per heavy atom. The first-order chi connectivity index (χ1) is 36.1. The Balaban J connectivity index is 0.000000182. The summed E-state index contributed by atoms with van der Waals surface area (Å²) in [6.07, 6.45) is 8.51. The Hall–Kier alpha value is -7.03. The van der Waals surface area contributed by atoms with Gasteiger partial charge in [-0.05, 0) is 202 Å². The number of phenolic OH excluding ortho intramolecular Hbond substituents is 2. The number of ketones is 1. The van der Waals surface area contributed by atoms with Gasteiger partial charge in [-0.2, -0.15) is 0 Å². The summed E-state index contributed by atoms with van der Waals surface area (Å²) in [7, 11) is 1.40. The molecule has 2 N–H and O–H groups in total. The van der Waals surface area contributed by atoms with Crippen LogP contribution in [0.5, 0.6) is 23.0 Å². The van der Waals surface area contributed by atoms with Gasteiger partial charge in [-0.15, -0.1) is 22.7 Å². The number of ether oxygens (including phenoxy) is 4. The highest BCUT2D eigenvalue weighted by Crippen LogP contribution is 2.43. The number of carbonyl (C=O) groups excluding carboxylic acids is 3. The second kappa shape index (κ2) is 24.8. The molecule has 382 valence electrons. The molecule has 0 saturated carbocycles. The first-order valence-electron chi connectivity index (χ1n) is 25.5. The van der Waals surface area contributed by atoms with Gasteiger partial charge in [0.1, 0.15) is 36.2 Å². The number of benzene rings is 6. The average Bonchev–Trinajstić information content (AvgIpc) is 4.00. The van der Waals surface area contributed by atoms with Crippen molar-refractivity contribution < 1.29 is 43.5 Å². The van der Waals surface area contributed by atoms with E-state index in [4.69, 9.17) is 18.9 Å². The van der Waals surface area contributed by atoms with E-state index in [0.717, 1.165) is 85.2 Å². The molecule has 2 aliphatic rings. The second-order valence-electron chi connectivity index (χ2n) is 18.6. The molecule has 11 nitrogen and oxygen atoms in total. The van der Waals surface area contributed by atoms with Gasteiger partial charge >= 0.3 is 11.9 Å². The molecule has 0 bridgehead atoms. The van der Waals surface area contributed by atoms with Gasteiger partial charge in [-0.25, -0.2) is 9.59 Å². The molecule has 2 aliphatic heterocycles. The number of carbonyl (C=O) groups is 3. The van der Waals surface area contributed by atoms with E-state index >= 15 is 0 Å². The lowest BCUT2D eigenvalue weighted by atomic mass is 9.97. The summed E-state index contributed by atoms with van der Waals surface area (Å²) in [4.78, 5) is 45.1. The topological polar surface area (TPSA) is 135 Å². The lowest BCUT2D eigenvalue weighted by Crippen LogP contribution is -2.33. The van der Waals surface area contributed by atoms with Gasteiger partial charge in [0.15, 0.2) is 5.78 Å². The summed E-state index contributed by atoms with van der Waals surface area (Å²) in [5, 5.41) is 21.5. The number of aromatic hydroxyl groups is 2. The van der Waals surface area contributed by atoms with Gasteiger partial charge in [0.05, 0.1) is 24.8 Å². The van der Waals surface area contributed by atoms with Gasteiger partial charge in [0.2, 0.25) is 0 Å². The SMILES string of the molecule is CCOC(=O)c1ccc2c(C(=O)c3ccc(OCCN4CCCCC4)cc3)c(-c3ccc(O)cc3)sc2c1.COC(=O)c1ccc2c(Cc3ccc(OCCN4CCCCC4)cc3)c(-c3ccc(O)cc3)sc2c1. The predicted octanol–water partition coefficient (Wildman–Crippen LogP) is 13.1. The first kappa shape index (κ1) is 51.9. The van der Waals surface area contributed by atoms with Crippen molar-refractivity contribution in [1.29, 1.82) is 0 Å². The molecule has 0 atom stereocenters. The van der Waals surface area contributed by atoms with E-state index in [1.807, 2.05) is 48.5 Å². The molecule has 6 aromatic carbocycles. The van der Waals surface area contributed by atoms with Gasteiger partial charge in [0.25, 0.3) is 0 Å². The van der Waals surface area contributed by atoms with E-state index in [9.17, 15) is 24.6 Å². The molecule has 10 rings (SSSR count). The molecule has 0 spiro atoms. The Labute approximate surface area is 440 Å². The molecule has 2 saturated heterocycles. The van der Waals surface area contributed by atoms with E-state index in [-0.39, 0.29) is 23.3 Å². The molecule has 0 unspecified atom stereocenters. The maximum absolute atomic E-state index is 13.9. The molecule has 0 radical (unpaired) electrons. The van der Waals surface area contributed by atoms with Gasteiger partial charge in [-0.3, -0.25) is 14.6 Å². The fraction of sp³-hybridized carbons (Fsp3) is 0.295. The van der Waals surface area contributed by atoms with Crippen LogP contribution in [0.3, 0.4) is 0 Å². The highest BCUT2D eigenvalue weighted by atomic mass is 32.1. The Morgan fingerprint density at radius 3 is 1.55 bits per heavy atom. The van der Waals surface area contributed by atoms with Crippen molar-refractivity contribution in [2.24, 2.45) is 0 Å². The number of fused-ring (bicyclic) bond motifs is 2. The Morgan fingerprint density at radius 2 is 1.01 bits per heavy atom. The van der Waals surface area contributed by atoms with Crippen molar-refractivity contribution in [3.8, 4) is 43.9 Å². The van der Waals surface area contributed by atoms with E-state index in [2.05, 4.69) is 34.1 Å². The third kappa shape index (κ3) is 12.8. The summed E-state index contributed by atoms with van der Waals surface area (Å²) < 4.78 is 23.9. The third-order valence-electron chi connectivity index (χ3n) is 13.6. The van der Waals surface area contributed by atoms with Crippen LogP contribution in [0.15, 0.2) is 133 Å². The zero-order valence-corrected chi connectivity index (χ0v) is 43.6. The smallest absolute Gasteiger partial charge is 0.338 e. The van der Waals surface area contributed by atoms with Crippen LogP contribution < -0.4 is 9.47 Å². The highest BCUT2D eigenvalue weighted by Gasteiger charge is 2.24. The minimum Gasteiger partial charge on any atom is -0.508 e. The first-order valence-corrected chi connectivity index (χ1v) is 27.2. The number of hydrogen-bond donors (Lipinski definition) is 2. The minimum atomic E-state index is -0.391. The maximum atomic E-state index is 13.9. The van der Waals surface area contributed by atoms with Crippen molar-refractivity contribution in [3.05, 3.63) is 167 Å². The molecule has 13 heteroatoms. The number of esters is 2. The summed E-state index contributed by atoms with van der Waals surface area (Å²) in [5.41, 5.74) is 6.38. The van der Waals surface area contributed by atoms with Crippen molar-refractivity contribution in [2.45, 2.75) is 51.9 Å². The maximum Gasteiger partial charge on any atom is 0.338 e. The fourth-order valence-corrected chi connectivity index (χ4v) is 12.1. The van der Waals surface area contributed by atoms with Crippen LogP contribution >= 0.6 is 22.7 Å². The standard InChI is InChI=1S/C31H31NO5S.C30H31NO4S/c1-2-36-31(35)23-10-15-26-27(20-23)38-30(22-6-11-24(33)12-7-22)28(26)29(34)21-8-13-25(14-9-21)37-19-18-32-16-4-3-5-17-32;1-34-30(33)23-9-14-26-27(29(36-28(26)20-23)22-7-10-24(32)11-8-22)19-21-5-12-25(13-6-21)35-18-17-31-15-3-2-4-16-31/h6-15,20,33H,2-5,16-19H2,1H3;5-14,20,32H,2-4,15-19H2,1H3. The lowest BCUT2D eigenvalue weighted by Gasteiger charge is -2.26. The quantitative estimate of drug-likeness (QED) is 0.0666. The van der Waals surface area contributed by atoms with Crippen LogP contribution in [0.2, 0.25) is 0 Å². The number of thiophene rings is 2. The molecule has 2 aromatic heterocycles. The zero-order valence-electron chi connectivity index (χ0n) is 42.0. The number of phenols is 2. The summed E-state index contributed by atoms with van der Waals surface area (Å²) >= 11 is 3.10. The molecule has 8 aromatic rings. The number of hydrogen-bond acceptors (Lipinski definition) is 13. The number of methoxy groups -OCH3 is 1. The fourth-order valence-electron chi connectivity index (χ4n) is 9.60. The van der Waals surface area contributed by atoms with Crippen LogP contribution in [0, 0.1) is 0 Å². The number of nitrogens with zero attached hydrogens (tertiary/aromatic N) is 2. The summed E-state index contributed by atoms with van der Waals surface area (Å²) in [6.45, 7) is 9.92. The monoisotopic (exact) mass is 1030 g/mol. The second-order valence-corrected chi connectivity index (χ2v) is 20.7. The van der Waals surface area contributed by atoms with Crippen molar-refractivity contribution in [2.75, 3.05) is 66.2 Å². The third-order valence-corrected chi connectivity index (χ3v) is 16.0. The van der Waals surface area contributed by atoms with Crippen LogP contribution in [-0.4, -0.2) is 104 Å². The Bertz CT molecular complexity index is 3170. The van der Waals surface area contributed by atoms with Gasteiger partial charge < -0.3 is 29.2 Å². The minimum absolute atomic E-state index is 0.108. The zero-order chi connectivity index (χ0) is 51.4. The number of likely N-dealkylation sites (tertiary alicyclic amines) is 2. The van der Waals surface area contributed by atoms with Gasteiger partial charge in [-0.1, -0.05) is 37.1 Å².